The quantitative estimate of drug-likeness (QED) is 0.404. The van der Waals surface area contributed by atoms with E-state index in [4.69, 9.17) is 15.0 Å². The van der Waals surface area contributed by atoms with Crippen LogP contribution in [0.5, 0.6) is 0 Å². The maximum atomic E-state index is 12.4. The highest BCUT2D eigenvalue weighted by atomic mass is 32.2. The molecule has 1 saturated heterocycles. The Morgan fingerprint density at radius 1 is 1.00 bits per heavy atom. The van der Waals surface area contributed by atoms with Crippen molar-refractivity contribution in [2.45, 2.75) is 74.5 Å². The summed E-state index contributed by atoms with van der Waals surface area (Å²) in [7, 11) is -3.75. The number of carbonyl (C=O) groups excluding carboxylic acids is 1. The number of hydrogen-bond acceptors (Lipinski definition) is 5. The first-order valence-corrected chi connectivity index (χ1v) is 14.4. The second-order valence-corrected chi connectivity index (χ2v) is 11.7. The summed E-state index contributed by atoms with van der Waals surface area (Å²) in [4.78, 5) is 23.5. The van der Waals surface area contributed by atoms with Crippen LogP contribution in [0.1, 0.15) is 73.7 Å². The zero-order chi connectivity index (χ0) is 26.4. The molecule has 0 spiro atoms. The average Bonchev–Trinajstić information content (AvgIpc) is 3.43. The van der Waals surface area contributed by atoms with E-state index in [9.17, 15) is 13.2 Å². The Labute approximate surface area is 218 Å². The van der Waals surface area contributed by atoms with Crippen molar-refractivity contribution in [1.82, 2.24) is 15.5 Å². The van der Waals surface area contributed by atoms with Gasteiger partial charge in [0.05, 0.1) is 4.90 Å². The van der Waals surface area contributed by atoms with Crippen LogP contribution in [-0.4, -0.2) is 43.5 Å². The summed E-state index contributed by atoms with van der Waals surface area (Å²) in [5.41, 5.74) is 3.80. The SMILES string of the molecule is NS(=O)(=O)c1cccc(CNC(=O)NC2CCC(CCN3C4CCC3c3ccccc34)CC2)c1.O=CO. The van der Waals surface area contributed by atoms with Gasteiger partial charge in [0.2, 0.25) is 10.0 Å². The van der Waals surface area contributed by atoms with Crippen LogP contribution in [0.3, 0.4) is 0 Å². The normalized spacial score (nSPS) is 24.5. The maximum Gasteiger partial charge on any atom is 0.315 e. The first-order chi connectivity index (χ1) is 17.8. The van der Waals surface area contributed by atoms with Crippen molar-refractivity contribution in [3.8, 4) is 0 Å². The molecule has 2 bridgehead atoms. The fourth-order valence-corrected chi connectivity index (χ4v) is 6.72. The molecular formula is C27H36N4O5S. The first-order valence-electron chi connectivity index (χ1n) is 12.9. The Morgan fingerprint density at radius 3 is 2.22 bits per heavy atom. The summed E-state index contributed by atoms with van der Waals surface area (Å²) in [6.45, 7) is 1.18. The van der Waals surface area contributed by atoms with Gasteiger partial charge in [0.15, 0.2) is 0 Å². The van der Waals surface area contributed by atoms with Gasteiger partial charge in [-0.1, -0.05) is 36.4 Å². The number of benzene rings is 2. The fourth-order valence-electron chi connectivity index (χ4n) is 6.14. The molecule has 3 aliphatic rings. The lowest BCUT2D eigenvalue weighted by Crippen LogP contribution is -2.43. The number of sulfonamides is 1. The van der Waals surface area contributed by atoms with Gasteiger partial charge in [0.25, 0.3) is 6.47 Å². The minimum absolute atomic E-state index is 0.0522. The molecule has 2 unspecified atom stereocenters. The number of primary sulfonamides is 1. The molecule has 200 valence electrons. The number of fused-ring (bicyclic) bond motifs is 5. The number of hydrogen-bond donors (Lipinski definition) is 4. The van der Waals surface area contributed by atoms with Gasteiger partial charge in [0, 0.05) is 24.7 Å². The third-order valence-corrected chi connectivity index (χ3v) is 8.80. The van der Waals surface area contributed by atoms with Crippen molar-refractivity contribution < 1.29 is 23.1 Å². The highest BCUT2D eigenvalue weighted by Gasteiger charge is 2.43. The molecule has 37 heavy (non-hydrogen) atoms. The van der Waals surface area contributed by atoms with Gasteiger partial charge < -0.3 is 15.7 Å². The summed E-state index contributed by atoms with van der Waals surface area (Å²) >= 11 is 0. The molecular weight excluding hydrogens is 492 g/mol. The van der Waals surface area contributed by atoms with Gasteiger partial charge in [-0.2, -0.15) is 0 Å². The molecule has 0 radical (unpaired) electrons. The molecule has 2 aliphatic heterocycles. The Morgan fingerprint density at radius 2 is 1.62 bits per heavy atom. The van der Waals surface area contributed by atoms with Gasteiger partial charge in [-0.05, 0) is 86.2 Å². The van der Waals surface area contributed by atoms with Gasteiger partial charge >= 0.3 is 6.03 Å². The molecule has 2 aromatic carbocycles. The summed E-state index contributed by atoms with van der Waals surface area (Å²) in [5, 5.41) is 18.0. The average molecular weight is 529 g/mol. The van der Waals surface area contributed by atoms with E-state index in [-0.39, 0.29) is 30.0 Å². The molecule has 2 heterocycles. The van der Waals surface area contributed by atoms with Crippen molar-refractivity contribution in [2.75, 3.05) is 6.54 Å². The molecule has 9 nitrogen and oxygen atoms in total. The van der Waals surface area contributed by atoms with E-state index >= 15 is 0 Å². The molecule has 1 saturated carbocycles. The summed E-state index contributed by atoms with van der Waals surface area (Å²) < 4.78 is 23.0. The van der Waals surface area contributed by atoms with Crippen molar-refractivity contribution in [3.63, 3.8) is 0 Å². The number of rotatable bonds is 7. The highest BCUT2D eigenvalue weighted by molar-refractivity contribution is 7.89. The molecule has 2 aromatic rings. The lowest BCUT2D eigenvalue weighted by molar-refractivity contribution is -0.122. The minimum atomic E-state index is -3.75. The van der Waals surface area contributed by atoms with Crippen molar-refractivity contribution in [2.24, 2.45) is 11.1 Å². The van der Waals surface area contributed by atoms with Crippen molar-refractivity contribution >= 4 is 22.5 Å². The van der Waals surface area contributed by atoms with E-state index in [0.29, 0.717) is 17.6 Å². The standard InChI is InChI=1S/C26H34N4O3S.CH2O2/c27-34(32,33)21-5-3-4-19(16-21)17-28-26(31)29-20-10-8-18(9-11-20)14-15-30-24-12-13-25(30)23-7-2-1-6-22(23)24;2-1-3/h1-7,16,18,20,24-25H,8-15,17H2,(H2,27,32,33)(H2,28,29,31);1H,(H,2,3). The molecule has 10 heteroatoms. The van der Waals surface area contributed by atoms with Crippen LogP contribution < -0.4 is 15.8 Å². The van der Waals surface area contributed by atoms with Gasteiger partial charge in [0.1, 0.15) is 0 Å². The third kappa shape index (κ3) is 6.68. The number of carboxylic acid groups (broad SMARTS) is 1. The molecule has 5 N–H and O–H groups in total. The predicted octanol–water partition coefficient (Wildman–Crippen LogP) is 3.67. The van der Waals surface area contributed by atoms with Crippen LogP contribution in [0.2, 0.25) is 0 Å². The van der Waals surface area contributed by atoms with E-state index in [2.05, 4.69) is 39.8 Å². The predicted molar refractivity (Wildman–Crippen MR) is 140 cm³/mol. The monoisotopic (exact) mass is 528 g/mol. The second kappa shape index (κ2) is 12.1. The zero-order valence-corrected chi connectivity index (χ0v) is 21.7. The Bertz CT molecular complexity index is 1170. The molecule has 1 aliphatic carbocycles. The third-order valence-electron chi connectivity index (χ3n) is 7.89. The van der Waals surface area contributed by atoms with E-state index in [1.165, 1.54) is 37.9 Å². The largest absolute Gasteiger partial charge is 0.483 e. The topological polar surface area (TPSA) is 142 Å². The molecule has 2 fully saturated rings. The van der Waals surface area contributed by atoms with Crippen LogP contribution in [0.25, 0.3) is 0 Å². The van der Waals surface area contributed by atoms with E-state index < -0.39 is 10.0 Å². The van der Waals surface area contributed by atoms with E-state index in [1.807, 2.05) is 0 Å². The van der Waals surface area contributed by atoms with Crippen LogP contribution in [-0.2, 0) is 21.4 Å². The lowest BCUT2D eigenvalue weighted by atomic mass is 9.84. The van der Waals surface area contributed by atoms with Crippen molar-refractivity contribution in [3.05, 3.63) is 65.2 Å². The number of nitrogens with one attached hydrogen (secondary N) is 2. The number of carbonyl (C=O) groups is 2. The second-order valence-electron chi connectivity index (χ2n) is 10.1. The summed E-state index contributed by atoms with van der Waals surface area (Å²) in [6, 6.07) is 16.5. The molecule has 5 rings (SSSR count). The Kier molecular flexibility index (Phi) is 8.83. The molecule has 2 amide bonds. The van der Waals surface area contributed by atoms with E-state index in [0.717, 1.165) is 31.6 Å². The first kappa shape index (κ1) is 27.1. The summed E-state index contributed by atoms with van der Waals surface area (Å²) in [6.07, 6.45) is 8.13. The van der Waals surface area contributed by atoms with Crippen LogP contribution in [0.4, 0.5) is 4.79 Å². The summed E-state index contributed by atoms with van der Waals surface area (Å²) in [5.74, 6) is 0.727. The fraction of sp³-hybridized carbons (Fsp3) is 0.481. The van der Waals surface area contributed by atoms with Gasteiger partial charge in [-0.25, -0.2) is 18.4 Å². The Balaban J connectivity index is 0.00000102. The van der Waals surface area contributed by atoms with Crippen molar-refractivity contribution in [1.29, 1.82) is 0 Å². The maximum absolute atomic E-state index is 12.4. The molecule has 2 atom stereocenters. The minimum Gasteiger partial charge on any atom is -0.483 e. The number of amides is 2. The lowest BCUT2D eigenvalue weighted by Gasteiger charge is -2.31. The van der Waals surface area contributed by atoms with Crippen LogP contribution in [0.15, 0.2) is 53.4 Å². The number of urea groups is 1. The Hall–Kier alpha value is -2.95. The van der Waals surface area contributed by atoms with Gasteiger partial charge in [-0.15, -0.1) is 0 Å². The zero-order valence-electron chi connectivity index (χ0n) is 20.9. The highest BCUT2D eigenvalue weighted by Crippen LogP contribution is 2.53. The van der Waals surface area contributed by atoms with Crippen LogP contribution >= 0.6 is 0 Å². The van der Waals surface area contributed by atoms with E-state index in [1.54, 1.807) is 23.3 Å². The molecule has 0 aromatic heterocycles. The number of nitrogens with two attached hydrogens (primary N) is 1. The van der Waals surface area contributed by atoms with Gasteiger partial charge in [-0.3, -0.25) is 9.69 Å². The smallest absolute Gasteiger partial charge is 0.315 e. The van der Waals surface area contributed by atoms with Crippen LogP contribution in [0, 0.1) is 5.92 Å². The number of nitrogens with zero attached hydrogens (tertiary/aromatic N) is 1.